The Balaban J connectivity index is 2.98. The fraction of sp³-hybridized carbons (Fsp3) is 0. The lowest BCUT2D eigenvalue weighted by Gasteiger charge is -2.06. The van der Waals surface area contributed by atoms with E-state index < -0.39 is 0 Å². The molecule has 0 aliphatic heterocycles. The van der Waals surface area contributed by atoms with E-state index in [1.165, 1.54) is 0 Å². The second-order valence-electron chi connectivity index (χ2n) is 3.04. The molecular formula is C11H5Cl3O. The Kier molecular flexibility index (Phi) is 2.87. The first-order valence-electron chi connectivity index (χ1n) is 4.16. The molecule has 0 aliphatic rings. The summed E-state index contributed by atoms with van der Waals surface area (Å²) in [7, 11) is 0. The highest BCUT2D eigenvalue weighted by Crippen LogP contribution is 2.36. The fourth-order valence-corrected chi connectivity index (χ4v) is 2.27. The van der Waals surface area contributed by atoms with Gasteiger partial charge in [0.1, 0.15) is 0 Å². The number of hydrogen-bond donors (Lipinski definition) is 0. The van der Waals surface area contributed by atoms with Crippen LogP contribution in [0.3, 0.4) is 0 Å². The van der Waals surface area contributed by atoms with Crippen LogP contribution in [0.5, 0.6) is 0 Å². The highest BCUT2D eigenvalue weighted by Gasteiger charge is 2.10. The largest absolute Gasteiger partial charge is 0.298 e. The molecule has 4 heteroatoms. The molecule has 0 spiro atoms. The average Bonchev–Trinajstić information content (AvgIpc) is 2.23. The maximum Gasteiger partial charge on any atom is 0.151 e. The smallest absolute Gasteiger partial charge is 0.151 e. The van der Waals surface area contributed by atoms with Gasteiger partial charge >= 0.3 is 0 Å². The molecule has 0 saturated heterocycles. The lowest BCUT2D eigenvalue weighted by molar-refractivity contribution is 0.112. The number of benzene rings is 2. The third-order valence-corrected chi connectivity index (χ3v) is 3.22. The van der Waals surface area contributed by atoms with Crippen molar-refractivity contribution in [3.63, 3.8) is 0 Å². The molecule has 0 bridgehead atoms. The van der Waals surface area contributed by atoms with Gasteiger partial charge in [0.15, 0.2) is 6.29 Å². The summed E-state index contributed by atoms with van der Waals surface area (Å²) in [6.45, 7) is 0. The molecule has 2 aromatic carbocycles. The summed E-state index contributed by atoms with van der Waals surface area (Å²) < 4.78 is 0. The summed E-state index contributed by atoms with van der Waals surface area (Å²) in [6.07, 6.45) is 0.693. The van der Waals surface area contributed by atoms with E-state index >= 15 is 0 Å². The number of carbonyl (C=O) groups excluding carboxylic acids is 1. The van der Waals surface area contributed by atoms with Crippen molar-refractivity contribution in [2.75, 3.05) is 0 Å². The average molecular weight is 260 g/mol. The monoisotopic (exact) mass is 258 g/mol. The molecule has 0 atom stereocenters. The van der Waals surface area contributed by atoms with Crippen molar-refractivity contribution >= 4 is 51.9 Å². The van der Waals surface area contributed by atoms with Crippen LogP contribution in [0, 0.1) is 0 Å². The summed E-state index contributed by atoms with van der Waals surface area (Å²) >= 11 is 18.0. The van der Waals surface area contributed by atoms with Gasteiger partial charge in [0.25, 0.3) is 0 Å². The SMILES string of the molecule is O=Cc1ccc2c(Cl)ccc(Cl)c2c1Cl. The van der Waals surface area contributed by atoms with Crippen LogP contribution in [0.1, 0.15) is 10.4 Å². The van der Waals surface area contributed by atoms with Gasteiger partial charge in [-0.3, -0.25) is 4.79 Å². The molecule has 0 saturated carbocycles. The van der Waals surface area contributed by atoms with Gasteiger partial charge in [-0.25, -0.2) is 0 Å². The van der Waals surface area contributed by atoms with Crippen LogP contribution in [-0.2, 0) is 0 Å². The Labute approximate surface area is 102 Å². The van der Waals surface area contributed by atoms with Crippen LogP contribution in [0.4, 0.5) is 0 Å². The first-order chi connectivity index (χ1) is 7.15. The molecule has 0 N–H and O–H groups in total. The van der Waals surface area contributed by atoms with Crippen LogP contribution in [-0.4, -0.2) is 6.29 Å². The van der Waals surface area contributed by atoms with Crippen molar-refractivity contribution < 1.29 is 4.79 Å². The Morgan fingerprint density at radius 2 is 1.60 bits per heavy atom. The molecule has 0 aromatic heterocycles. The lowest BCUT2D eigenvalue weighted by Crippen LogP contribution is -1.85. The van der Waals surface area contributed by atoms with E-state index in [0.717, 1.165) is 5.39 Å². The summed E-state index contributed by atoms with van der Waals surface area (Å²) in [5.41, 5.74) is 0.410. The quantitative estimate of drug-likeness (QED) is 0.683. The predicted octanol–water partition coefficient (Wildman–Crippen LogP) is 4.61. The Bertz CT molecular complexity index is 549. The summed E-state index contributed by atoms with van der Waals surface area (Å²) in [5, 5.41) is 2.77. The maximum absolute atomic E-state index is 10.7. The van der Waals surface area contributed by atoms with E-state index in [4.69, 9.17) is 34.8 Å². The number of aldehydes is 1. The fourth-order valence-electron chi connectivity index (χ4n) is 1.44. The molecule has 2 rings (SSSR count). The summed E-state index contributed by atoms with van der Waals surface area (Å²) in [4.78, 5) is 10.7. The summed E-state index contributed by atoms with van der Waals surface area (Å²) in [6, 6.07) is 6.72. The number of carbonyl (C=O) groups is 1. The molecule has 1 nitrogen and oxygen atoms in total. The zero-order valence-corrected chi connectivity index (χ0v) is 9.70. The normalized spacial score (nSPS) is 10.6. The Morgan fingerprint density at radius 1 is 0.933 bits per heavy atom. The molecule has 0 unspecified atom stereocenters. The minimum Gasteiger partial charge on any atom is -0.298 e. The van der Waals surface area contributed by atoms with Crippen molar-refractivity contribution in [1.82, 2.24) is 0 Å². The number of hydrogen-bond acceptors (Lipinski definition) is 1. The van der Waals surface area contributed by atoms with Crippen molar-refractivity contribution in [2.45, 2.75) is 0 Å². The van der Waals surface area contributed by atoms with Crippen LogP contribution in [0.15, 0.2) is 24.3 Å². The third kappa shape index (κ3) is 1.71. The molecule has 0 heterocycles. The first-order valence-corrected chi connectivity index (χ1v) is 5.30. The van der Waals surface area contributed by atoms with Gasteiger partial charge in [-0.15, -0.1) is 0 Å². The van der Waals surface area contributed by atoms with E-state index in [1.807, 2.05) is 0 Å². The van der Waals surface area contributed by atoms with E-state index in [-0.39, 0.29) is 0 Å². The van der Waals surface area contributed by atoms with Crippen LogP contribution in [0.2, 0.25) is 15.1 Å². The van der Waals surface area contributed by atoms with Gasteiger partial charge < -0.3 is 0 Å². The summed E-state index contributed by atoms with van der Waals surface area (Å²) in [5.74, 6) is 0. The van der Waals surface area contributed by atoms with E-state index in [0.29, 0.717) is 32.3 Å². The van der Waals surface area contributed by atoms with Gasteiger partial charge in [-0.2, -0.15) is 0 Å². The minimum absolute atomic E-state index is 0.343. The number of rotatable bonds is 1. The lowest BCUT2D eigenvalue weighted by atomic mass is 10.1. The second kappa shape index (κ2) is 4.01. The molecule has 0 aliphatic carbocycles. The highest BCUT2D eigenvalue weighted by atomic mass is 35.5. The zero-order chi connectivity index (χ0) is 11.0. The highest BCUT2D eigenvalue weighted by molar-refractivity contribution is 6.46. The van der Waals surface area contributed by atoms with Gasteiger partial charge in [-0.05, 0) is 18.2 Å². The van der Waals surface area contributed by atoms with Crippen molar-refractivity contribution in [3.05, 3.63) is 44.9 Å². The topological polar surface area (TPSA) is 17.1 Å². The third-order valence-electron chi connectivity index (χ3n) is 2.17. The first kappa shape index (κ1) is 10.7. The molecule has 0 amide bonds. The van der Waals surface area contributed by atoms with Crippen LogP contribution < -0.4 is 0 Å². The number of fused-ring (bicyclic) bond motifs is 1. The standard InChI is InChI=1S/C11H5Cl3O/c12-8-3-4-9(13)10-7(8)2-1-6(5-15)11(10)14/h1-5H. The van der Waals surface area contributed by atoms with Gasteiger partial charge in [0.2, 0.25) is 0 Å². The second-order valence-corrected chi connectivity index (χ2v) is 4.23. The molecule has 0 fully saturated rings. The van der Waals surface area contributed by atoms with E-state index in [1.54, 1.807) is 24.3 Å². The van der Waals surface area contributed by atoms with Crippen molar-refractivity contribution in [2.24, 2.45) is 0 Å². The minimum atomic E-state index is 0.343. The van der Waals surface area contributed by atoms with Crippen LogP contribution in [0.25, 0.3) is 10.8 Å². The zero-order valence-electron chi connectivity index (χ0n) is 7.43. The van der Waals surface area contributed by atoms with E-state index in [9.17, 15) is 4.79 Å². The molecule has 15 heavy (non-hydrogen) atoms. The molecule has 0 radical (unpaired) electrons. The predicted molar refractivity (Wildman–Crippen MR) is 64.4 cm³/mol. The molecule has 2 aromatic rings. The van der Waals surface area contributed by atoms with Gasteiger partial charge in [0, 0.05) is 21.4 Å². The van der Waals surface area contributed by atoms with Crippen molar-refractivity contribution in [1.29, 1.82) is 0 Å². The Hall–Kier alpha value is -0.760. The maximum atomic E-state index is 10.7. The van der Waals surface area contributed by atoms with Crippen LogP contribution >= 0.6 is 34.8 Å². The molecular weight excluding hydrogens is 254 g/mol. The molecule has 76 valence electrons. The van der Waals surface area contributed by atoms with E-state index in [2.05, 4.69) is 0 Å². The number of halogens is 3. The Morgan fingerprint density at radius 3 is 2.27 bits per heavy atom. The van der Waals surface area contributed by atoms with Gasteiger partial charge in [-0.1, -0.05) is 40.9 Å². The van der Waals surface area contributed by atoms with Crippen molar-refractivity contribution in [3.8, 4) is 0 Å². The van der Waals surface area contributed by atoms with Gasteiger partial charge in [0.05, 0.1) is 10.0 Å².